The van der Waals surface area contributed by atoms with E-state index < -0.39 is 5.60 Å². The fourth-order valence-corrected chi connectivity index (χ4v) is 5.15. The van der Waals surface area contributed by atoms with E-state index in [1.54, 1.807) is 24.9 Å². The Morgan fingerprint density at radius 3 is 2.44 bits per heavy atom. The van der Waals surface area contributed by atoms with E-state index in [-0.39, 0.29) is 11.8 Å². The van der Waals surface area contributed by atoms with Crippen molar-refractivity contribution < 1.29 is 19.4 Å². The molecule has 0 atom stereocenters. The monoisotopic (exact) mass is 555 g/mol. The third-order valence-electron chi connectivity index (χ3n) is 7.38. The van der Waals surface area contributed by atoms with Gasteiger partial charge in [-0.15, -0.1) is 0 Å². The van der Waals surface area contributed by atoms with Crippen LogP contribution >= 0.6 is 0 Å². The Bertz CT molecular complexity index is 1550. The first-order chi connectivity index (χ1) is 19.8. The molecule has 2 aromatic heterocycles. The number of fused-ring (bicyclic) bond motifs is 2. The highest BCUT2D eigenvalue weighted by Gasteiger charge is 2.29. The number of carbonyl (C=O) groups excluding carboxylic acids is 2. The summed E-state index contributed by atoms with van der Waals surface area (Å²) in [5.74, 6) is 0.677. The lowest BCUT2D eigenvalue weighted by molar-refractivity contribution is 0.0303. The van der Waals surface area contributed by atoms with Crippen molar-refractivity contribution in [2.75, 3.05) is 32.8 Å². The fourth-order valence-electron chi connectivity index (χ4n) is 5.15. The Labute approximate surface area is 240 Å². The Balaban J connectivity index is 0.00000165. The molecule has 1 saturated heterocycles. The maximum absolute atomic E-state index is 12.9. The molecule has 4 heterocycles. The molecule has 1 fully saturated rings. The minimum absolute atomic E-state index is 0.0000467. The lowest BCUT2D eigenvalue weighted by Gasteiger charge is -2.26. The molecule has 2 amide bonds. The van der Waals surface area contributed by atoms with Crippen molar-refractivity contribution >= 4 is 23.0 Å². The molecule has 4 aromatic rings. The molecule has 0 aliphatic carbocycles. The zero-order chi connectivity index (χ0) is 29.1. The summed E-state index contributed by atoms with van der Waals surface area (Å²) in [5, 5.41) is 10.1. The number of ether oxygens (including phenoxy) is 1. The van der Waals surface area contributed by atoms with Crippen LogP contribution in [0.4, 0.5) is 0 Å². The number of nitrogens with one attached hydrogen (secondary N) is 1. The van der Waals surface area contributed by atoms with Crippen LogP contribution in [-0.2, 0) is 11.3 Å². The molecule has 0 radical (unpaired) electrons. The topological polar surface area (TPSA) is 112 Å². The van der Waals surface area contributed by atoms with Crippen LogP contribution < -0.4 is 0 Å². The normalized spacial score (nSPS) is 15.1. The van der Waals surface area contributed by atoms with E-state index in [0.717, 1.165) is 27.8 Å². The van der Waals surface area contributed by atoms with Gasteiger partial charge < -0.3 is 24.6 Å². The van der Waals surface area contributed by atoms with Crippen molar-refractivity contribution in [3.63, 3.8) is 0 Å². The number of aromatic amines is 1. The van der Waals surface area contributed by atoms with E-state index in [4.69, 9.17) is 9.72 Å². The van der Waals surface area contributed by atoms with Gasteiger partial charge in [0.25, 0.3) is 11.8 Å². The summed E-state index contributed by atoms with van der Waals surface area (Å²) in [6, 6.07) is 15.3. The number of aromatic nitrogens is 3. The van der Waals surface area contributed by atoms with Gasteiger partial charge in [-0.2, -0.15) is 0 Å². The van der Waals surface area contributed by atoms with E-state index in [1.165, 1.54) is 0 Å². The van der Waals surface area contributed by atoms with E-state index in [9.17, 15) is 14.7 Å². The van der Waals surface area contributed by atoms with Crippen molar-refractivity contribution in [3.05, 3.63) is 71.4 Å². The van der Waals surface area contributed by atoms with Gasteiger partial charge in [-0.1, -0.05) is 32.0 Å². The smallest absolute Gasteiger partial charge is 0.254 e. The minimum atomic E-state index is -0.820. The Hall–Kier alpha value is -4.08. The molecule has 41 heavy (non-hydrogen) atoms. The third kappa shape index (κ3) is 6.01. The van der Waals surface area contributed by atoms with Crippen molar-refractivity contribution in [3.8, 4) is 22.5 Å². The molecule has 0 spiro atoms. The summed E-state index contributed by atoms with van der Waals surface area (Å²) >= 11 is 0. The standard InChI is InChI=1S/C30H31N5O4.C2H6/c1-30(2,38)10-12-35-18-22-17-21(7-8-24(22)29(35)37)23-9-11-31-27-25(23)32-26(33-27)19-3-5-20(6-4-19)28(36)34-13-15-39-16-14-34;1-2/h3-9,11,17,38H,10,12-16,18H2,1-2H3,(H,31,32,33);1-2H3. The molecule has 2 N–H and O–H groups in total. The Morgan fingerprint density at radius 1 is 1.02 bits per heavy atom. The number of hydrogen-bond donors (Lipinski definition) is 2. The summed E-state index contributed by atoms with van der Waals surface area (Å²) in [6.45, 7) is 10.9. The van der Waals surface area contributed by atoms with Crippen LogP contribution in [0.5, 0.6) is 0 Å². The summed E-state index contributed by atoms with van der Waals surface area (Å²) < 4.78 is 5.35. The van der Waals surface area contributed by atoms with Gasteiger partial charge in [0.15, 0.2) is 5.65 Å². The molecule has 2 aromatic carbocycles. The first-order valence-corrected chi connectivity index (χ1v) is 14.2. The number of imidazole rings is 1. The molecule has 0 saturated carbocycles. The second-order valence-electron chi connectivity index (χ2n) is 10.8. The zero-order valence-electron chi connectivity index (χ0n) is 24.1. The quantitative estimate of drug-likeness (QED) is 0.350. The van der Waals surface area contributed by atoms with Gasteiger partial charge in [0, 0.05) is 54.6 Å². The van der Waals surface area contributed by atoms with E-state index >= 15 is 0 Å². The Morgan fingerprint density at radius 2 is 1.73 bits per heavy atom. The number of pyridine rings is 1. The molecule has 0 unspecified atom stereocenters. The van der Waals surface area contributed by atoms with Crippen LogP contribution in [0.2, 0.25) is 0 Å². The van der Waals surface area contributed by atoms with Gasteiger partial charge in [-0.05, 0) is 61.7 Å². The van der Waals surface area contributed by atoms with Gasteiger partial charge in [0.1, 0.15) is 5.82 Å². The maximum atomic E-state index is 12.9. The Kier molecular flexibility index (Phi) is 8.19. The molecule has 2 aliphatic rings. The SMILES string of the molecule is CC.CC(C)(O)CCN1Cc2cc(-c3ccnc4nc(-c5ccc(C(=O)N6CCOCC6)cc5)[nH]c34)ccc2C1=O. The first kappa shape index (κ1) is 28.4. The van der Waals surface area contributed by atoms with Crippen LogP contribution in [0.15, 0.2) is 54.7 Å². The molecule has 2 aliphatic heterocycles. The lowest BCUT2D eigenvalue weighted by atomic mass is 10.0. The zero-order valence-corrected chi connectivity index (χ0v) is 24.1. The van der Waals surface area contributed by atoms with Crippen molar-refractivity contribution in [1.29, 1.82) is 0 Å². The number of aliphatic hydroxyl groups is 1. The summed E-state index contributed by atoms with van der Waals surface area (Å²) in [7, 11) is 0. The summed E-state index contributed by atoms with van der Waals surface area (Å²) in [6.07, 6.45) is 2.25. The minimum Gasteiger partial charge on any atom is -0.390 e. The number of hydrogen-bond acceptors (Lipinski definition) is 6. The third-order valence-corrected chi connectivity index (χ3v) is 7.38. The number of morpholine rings is 1. The van der Waals surface area contributed by atoms with Crippen LogP contribution in [0.1, 0.15) is 60.4 Å². The average Bonchev–Trinajstić information content (AvgIpc) is 3.57. The highest BCUT2D eigenvalue weighted by Crippen LogP contribution is 2.33. The second kappa shape index (κ2) is 11.8. The predicted octanol–water partition coefficient (Wildman–Crippen LogP) is 4.91. The number of rotatable bonds is 6. The number of H-pyrrole nitrogens is 1. The molecule has 214 valence electrons. The average molecular weight is 556 g/mol. The molecule has 6 rings (SSSR count). The van der Waals surface area contributed by atoms with Crippen molar-refractivity contribution in [1.82, 2.24) is 24.8 Å². The first-order valence-electron chi connectivity index (χ1n) is 14.2. The van der Waals surface area contributed by atoms with Gasteiger partial charge in [0.2, 0.25) is 0 Å². The van der Waals surface area contributed by atoms with Gasteiger partial charge >= 0.3 is 0 Å². The van der Waals surface area contributed by atoms with Crippen LogP contribution in [0, 0.1) is 0 Å². The van der Waals surface area contributed by atoms with Crippen LogP contribution in [0.25, 0.3) is 33.7 Å². The largest absolute Gasteiger partial charge is 0.390 e. The molecule has 9 heteroatoms. The van der Waals surface area contributed by atoms with E-state index in [0.29, 0.717) is 68.4 Å². The summed E-state index contributed by atoms with van der Waals surface area (Å²) in [4.78, 5) is 41.9. The fraction of sp³-hybridized carbons (Fsp3) is 0.375. The van der Waals surface area contributed by atoms with Crippen molar-refractivity contribution in [2.45, 2.75) is 46.3 Å². The molecule has 0 bridgehead atoms. The molecule has 9 nitrogen and oxygen atoms in total. The number of amides is 2. The second-order valence-corrected chi connectivity index (χ2v) is 10.8. The van der Waals surface area contributed by atoms with E-state index in [1.807, 2.05) is 61.2 Å². The lowest BCUT2D eigenvalue weighted by Crippen LogP contribution is -2.40. The van der Waals surface area contributed by atoms with Crippen LogP contribution in [-0.4, -0.2) is 80.1 Å². The van der Waals surface area contributed by atoms with Crippen molar-refractivity contribution in [2.24, 2.45) is 0 Å². The van der Waals surface area contributed by atoms with Crippen LogP contribution in [0.3, 0.4) is 0 Å². The maximum Gasteiger partial charge on any atom is 0.254 e. The van der Waals surface area contributed by atoms with E-state index in [2.05, 4.69) is 16.0 Å². The predicted molar refractivity (Wildman–Crippen MR) is 158 cm³/mol. The van der Waals surface area contributed by atoms with Gasteiger partial charge in [-0.3, -0.25) is 9.59 Å². The molecular formula is C32H37N5O4. The van der Waals surface area contributed by atoms with Gasteiger partial charge in [-0.25, -0.2) is 9.97 Å². The van der Waals surface area contributed by atoms with Gasteiger partial charge in [0.05, 0.1) is 24.3 Å². The molecular weight excluding hydrogens is 518 g/mol. The highest BCUT2D eigenvalue weighted by molar-refractivity contribution is 6.00. The number of benzene rings is 2. The highest BCUT2D eigenvalue weighted by atomic mass is 16.5. The number of carbonyl (C=O) groups is 2. The summed E-state index contributed by atoms with van der Waals surface area (Å²) in [5.41, 5.74) is 5.68. The number of nitrogens with zero attached hydrogens (tertiary/aromatic N) is 4.